The van der Waals surface area contributed by atoms with Crippen molar-refractivity contribution in [3.05, 3.63) is 95.6 Å². The lowest BCUT2D eigenvalue weighted by molar-refractivity contribution is -0.123. The zero-order chi connectivity index (χ0) is 20.9. The Morgan fingerprint density at radius 3 is 2.55 bits per heavy atom. The van der Waals surface area contributed by atoms with Gasteiger partial charge in [0.15, 0.2) is 0 Å². The molecule has 0 spiro atoms. The monoisotopic (exact) mass is 389 g/mol. The number of amides is 1. The molecule has 2 aromatic carbocycles. The lowest BCUT2D eigenvalue weighted by Gasteiger charge is -2.08. The molecule has 1 aliphatic carbocycles. The molecule has 0 heterocycles. The molecule has 1 aliphatic rings. The van der Waals surface area contributed by atoms with E-state index in [1.54, 1.807) is 0 Å². The van der Waals surface area contributed by atoms with Crippen molar-refractivity contribution in [2.75, 3.05) is 5.32 Å². The maximum Gasteiger partial charge on any atom is 0.290 e. The zero-order valence-corrected chi connectivity index (χ0v) is 16.7. The Balaban J connectivity index is 0.000000941. The van der Waals surface area contributed by atoms with Crippen molar-refractivity contribution >= 4 is 23.6 Å². The molecule has 0 aromatic heterocycles. The van der Waals surface area contributed by atoms with Gasteiger partial charge in [0.05, 0.1) is 0 Å². The molecule has 0 aliphatic heterocycles. The van der Waals surface area contributed by atoms with Gasteiger partial charge in [-0.1, -0.05) is 72.8 Å². The summed E-state index contributed by atoms with van der Waals surface area (Å²) in [5.74, 6) is 0.0801. The van der Waals surface area contributed by atoms with E-state index in [2.05, 4.69) is 60.0 Å². The van der Waals surface area contributed by atoms with Crippen molar-refractivity contribution in [2.24, 2.45) is 0 Å². The van der Waals surface area contributed by atoms with Crippen molar-refractivity contribution in [2.45, 2.75) is 32.6 Å². The maximum atomic E-state index is 12.1. The minimum absolute atomic E-state index is 0.0801. The van der Waals surface area contributed by atoms with Gasteiger partial charge in [0, 0.05) is 12.1 Å². The van der Waals surface area contributed by atoms with Crippen LogP contribution in [-0.4, -0.2) is 17.5 Å². The average molecular weight is 389 g/mol. The van der Waals surface area contributed by atoms with Gasteiger partial charge in [0.2, 0.25) is 5.91 Å². The number of allylic oxidation sites excluding steroid dienone is 6. The van der Waals surface area contributed by atoms with Crippen LogP contribution in [0.3, 0.4) is 0 Å². The Bertz CT molecular complexity index is 893. The average Bonchev–Trinajstić information content (AvgIpc) is 3.00. The summed E-state index contributed by atoms with van der Waals surface area (Å²) in [6, 6.07) is 16.5. The summed E-state index contributed by atoms with van der Waals surface area (Å²) < 4.78 is 0. The highest BCUT2D eigenvalue weighted by Gasteiger charge is 2.05. The predicted molar refractivity (Wildman–Crippen MR) is 119 cm³/mol. The van der Waals surface area contributed by atoms with E-state index >= 15 is 0 Å². The van der Waals surface area contributed by atoms with Gasteiger partial charge < -0.3 is 10.4 Å². The smallest absolute Gasteiger partial charge is 0.290 e. The second-order valence-electron chi connectivity index (χ2n) is 6.71. The molecule has 0 unspecified atom stereocenters. The maximum absolute atomic E-state index is 12.1. The second-order valence-corrected chi connectivity index (χ2v) is 6.71. The van der Waals surface area contributed by atoms with Gasteiger partial charge in [-0.05, 0) is 54.5 Å². The number of carboxylic acid groups (broad SMARTS) is 1. The molecule has 2 N–H and O–H groups in total. The number of para-hydroxylation sites is 1. The standard InChI is InChI=1S/C24H25NO.CH2O2/c1-19-9-6-7-13-23(19)25-24(26)14-8-10-20-15-17-22(18-16-20)21-11-4-2-3-5-12-21;2-1-3/h2,4-7,9,11-13,15-18H,3,8,10,14H2,1H3,(H,25,26);1H,(H,2,3). The van der Waals surface area contributed by atoms with E-state index < -0.39 is 0 Å². The summed E-state index contributed by atoms with van der Waals surface area (Å²) in [6.07, 6.45) is 14.0. The highest BCUT2D eigenvalue weighted by Crippen LogP contribution is 2.20. The fourth-order valence-electron chi connectivity index (χ4n) is 3.01. The first-order valence-corrected chi connectivity index (χ1v) is 9.70. The molecule has 0 radical (unpaired) electrons. The van der Waals surface area contributed by atoms with Gasteiger partial charge in [0.1, 0.15) is 0 Å². The van der Waals surface area contributed by atoms with Crippen LogP contribution in [0.4, 0.5) is 5.69 Å². The van der Waals surface area contributed by atoms with Crippen molar-refractivity contribution in [3.8, 4) is 0 Å². The largest absolute Gasteiger partial charge is 0.483 e. The lowest BCUT2D eigenvalue weighted by atomic mass is 10.0. The third-order valence-corrected chi connectivity index (χ3v) is 4.56. The van der Waals surface area contributed by atoms with Crippen LogP contribution >= 0.6 is 0 Å². The number of carbonyl (C=O) groups excluding carboxylic acids is 1. The topological polar surface area (TPSA) is 66.4 Å². The van der Waals surface area contributed by atoms with Crippen LogP contribution in [0.1, 0.15) is 36.0 Å². The van der Waals surface area contributed by atoms with Crippen LogP contribution in [0.5, 0.6) is 0 Å². The Hall–Kier alpha value is -3.40. The molecular weight excluding hydrogens is 362 g/mol. The number of nitrogens with one attached hydrogen (secondary N) is 1. The SMILES string of the molecule is Cc1ccccc1NC(=O)CCCc1ccc(C2=CC=CCC=C2)cc1.O=CO. The first-order chi connectivity index (χ1) is 14.1. The number of rotatable bonds is 6. The number of carbonyl (C=O) groups is 2. The second kappa shape index (κ2) is 12.1. The normalized spacial score (nSPS) is 12.2. The van der Waals surface area contributed by atoms with Crippen LogP contribution < -0.4 is 5.32 Å². The van der Waals surface area contributed by atoms with E-state index in [1.807, 2.05) is 31.2 Å². The summed E-state index contributed by atoms with van der Waals surface area (Å²) in [5.41, 5.74) is 5.73. The first kappa shape index (κ1) is 21.9. The molecule has 4 heteroatoms. The zero-order valence-electron chi connectivity index (χ0n) is 16.7. The first-order valence-electron chi connectivity index (χ1n) is 9.70. The Labute approximate surface area is 172 Å². The van der Waals surface area contributed by atoms with Gasteiger partial charge >= 0.3 is 0 Å². The third-order valence-electron chi connectivity index (χ3n) is 4.56. The van der Waals surface area contributed by atoms with Crippen LogP contribution in [0.25, 0.3) is 5.57 Å². The molecule has 4 nitrogen and oxygen atoms in total. The van der Waals surface area contributed by atoms with Crippen molar-refractivity contribution < 1.29 is 14.7 Å². The van der Waals surface area contributed by atoms with E-state index in [0.29, 0.717) is 6.42 Å². The van der Waals surface area contributed by atoms with Crippen LogP contribution in [0, 0.1) is 6.92 Å². The molecule has 0 saturated carbocycles. The summed E-state index contributed by atoms with van der Waals surface area (Å²) in [4.78, 5) is 20.5. The minimum Gasteiger partial charge on any atom is -0.483 e. The van der Waals surface area contributed by atoms with E-state index in [9.17, 15) is 4.79 Å². The number of hydrogen-bond acceptors (Lipinski definition) is 2. The summed E-state index contributed by atoms with van der Waals surface area (Å²) in [6.45, 7) is 1.76. The molecule has 0 saturated heterocycles. The molecule has 29 heavy (non-hydrogen) atoms. The van der Waals surface area contributed by atoms with E-state index in [4.69, 9.17) is 9.90 Å². The minimum atomic E-state index is -0.250. The van der Waals surface area contributed by atoms with Crippen LogP contribution in [0.15, 0.2) is 78.9 Å². The Morgan fingerprint density at radius 2 is 1.83 bits per heavy atom. The van der Waals surface area contributed by atoms with Crippen molar-refractivity contribution in [1.29, 1.82) is 0 Å². The van der Waals surface area contributed by atoms with Crippen molar-refractivity contribution in [3.63, 3.8) is 0 Å². The van der Waals surface area contributed by atoms with Gasteiger partial charge in [0.25, 0.3) is 6.47 Å². The Morgan fingerprint density at radius 1 is 1.10 bits per heavy atom. The molecule has 2 aromatic rings. The molecular formula is C25H27NO3. The number of hydrogen-bond donors (Lipinski definition) is 2. The fourth-order valence-corrected chi connectivity index (χ4v) is 3.01. The van der Waals surface area contributed by atoms with Gasteiger partial charge in [-0.15, -0.1) is 0 Å². The molecule has 3 rings (SSSR count). The Kier molecular flexibility index (Phi) is 9.16. The van der Waals surface area contributed by atoms with E-state index in [-0.39, 0.29) is 12.4 Å². The van der Waals surface area contributed by atoms with Gasteiger partial charge in [-0.3, -0.25) is 9.59 Å². The summed E-state index contributed by atoms with van der Waals surface area (Å²) >= 11 is 0. The third kappa shape index (κ3) is 7.62. The van der Waals surface area contributed by atoms with Gasteiger partial charge in [-0.25, -0.2) is 0 Å². The quantitative estimate of drug-likeness (QED) is 0.636. The highest BCUT2D eigenvalue weighted by atomic mass is 16.3. The fraction of sp³-hybridized carbons (Fsp3) is 0.200. The van der Waals surface area contributed by atoms with Crippen LogP contribution in [0.2, 0.25) is 0 Å². The number of aryl methyl sites for hydroxylation is 2. The van der Waals surface area contributed by atoms with E-state index in [1.165, 1.54) is 16.7 Å². The van der Waals surface area contributed by atoms with E-state index in [0.717, 1.165) is 30.5 Å². The number of benzene rings is 2. The number of anilines is 1. The van der Waals surface area contributed by atoms with Gasteiger partial charge in [-0.2, -0.15) is 0 Å². The molecule has 0 atom stereocenters. The summed E-state index contributed by atoms with van der Waals surface area (Å²) in [7, 11) is 0. The highest BCUT2D eigenvalue weighted by molar-refractivity contribution is 5.91. The molecule has 150 valence electrons. The van der Waals surface area contributed by atoms with Crippen LogP contribution in [-0.2, 0) is 16.0 Å². The molecule has 1 amide bonds. The molecule has 0 fully saturated rings. The summed E-state index contributed by atoms with van der Waals surface area (Å²) in [5, 5.41) is 9.88. The van der Waals surface area contributed by atoms with Crippen molar-refractivity contribution in [1.82, 2.24) is 0 Å². The lowest BCUT2D eigenvalue weighted by Crippen LogP contribution is -2.12. The molecule has 0 bridgehead atoms. The predicted octanol–water partition coefficient (Wildman–Crippen LogP) is 5.56.